The van der Waals surface area contributed by atoms with E-state index < -0.39 is 0 Å². The number of hydrogen-bond donors (Lipinski definition) is 1. The minimum atomic E-state index is -0.0999. The lowest BCUT2D eigenvalue weighted by atomic mass is 10.1. The lowest BCUT2D eigenvalue weighted by molar-refractivity contribution is -0.111. The minimum Gasteiger partial charge on any atom is -0.322 e. The topological polar surface area (TPSA) is 29.1 Å². The number of benzene rings is 1. The number of hydrogen-bond acceptors (Lipinski definition) is 2. The number of rotatable bonds is 3. The van der Waals surface area contributed by atoms with Crippen LogP contribution >= 0.6 is 11.3 Å². The Kier molecular flexibility index (Phi) is 3.95. The molecule has 1 aromatic heterocycles. The van der Waals surface area contributed by atoms with Crippen molar-refractivity contribution in [1.29, 1.82) is 0 Å². The molecule has 0 aliphatic heterocycles. The van der Waals surface area contributed by atoms with Crippen molar-refractivity contribution < 1.29 is 4.79 Å². The van der Waals surface area contributed by atoms with Gasteiger partial charge in [-0.25, -0.2) is 0 Å². The van der Waals surface area contributed by atoms with Gasteiger partial charge in [0.1, 0.15) is 0 Å². The van der Waals surface area contributed by atoms with E-state index in [0.717, 1.165) is 16.1 Å². The first kappa shape index (κ1) is 12.6. The second-order valence-corrected chi connectivity index (χ2v) is 5.06. The molecule has 0 aliphatic carbocycles. The Bertz CT molecular complexity index is 570. The second kappa shape index (κ2) is 5.65. The molecule has 1 N–H and O–H groups in total. The highest BCUT2D eigenvalue weighted by atomic mass is 32.1. The molecule has 2 rings (SSSR count). The third-order valence-corrected chi connectivity index (χ3v) is 3.64. The maximum absolute atomic E-state index is 11.8. The fourth-order valence-corrected chi connectivity index (χ4v) is 2.22. The Morgan fingerprint density at radius 2 is 2.06 bits per heavy atom. The molecule has 0 unspecified atom stereocenters. The summed E-state index contributed by atoms with van der Waals surface area (Å²) in [5.41, 5.74) is 3.15. The van der Waals surface area contributed by atoms with Crippen LogP contribution in [0.3, 0.4) is 0 Å². The van der Waals surface area contributed by atoms with Gasteiger partial charge >= 0.3 is 0 Å². The van der Waals surface area contributed by atoms with Crippen molar-refractivity contribution in [3.8, 4) is 0 Å². The first-order valence-corrected chi connectivity index (χ1v) is 6.63. The van der Waals surface area contributed by atoms with E-state index in [1.54, 1.807) is 17.4 Å². The fourth-order valence-electron chi connectivity index (χ4n) is 1.60. The first-order valence-electron chi connectivity index (χ1n) is 5.75. The first-order chi connectivity index (χ1) is 8.66. The van der Waals surface area contributed by atoms with Crippen LogP contribution in [0, 0.1) is 13.8 Å². The summed E-state index contributed by atoms with van der Waals surface area (Å²) in [6, 6.07) is 9.84. The largest absolute Gasteiger partial charge is 0.322 e. The van der Waals surface area contributed by atoms with Gasteiger partial charge in [0.15, 0.2) is 0 Å². The van der Waals surface area contributed by atoms with Gasteiger partial charge < -0.3 is 5.32 Å². The number of carbonyl (C=O) groups excluding carboxylic acids is 1. The summed E-state index contributed by atoms with van der Waals surface area (Å²) in [6.45, 7) is 4.04. The van der Waals surface area contributed by atoms with E-state index in [-0.39, 0.29) is 5.91 Å². The second-order valence-electron chi connectivity index (χ2n) is 4.09. The molecule has 0 spiro atoms. The fraction of sp³-hybridized carbons (Fsp3) is 0.133. The van der Waals surface area contributed by atoms with Gasteiger partial charge in [-0.3, -0.25) is 4.79 Å². The number of amides is 1. The Morgan fingerprint density at radius 1 is 1.22 bits per heavy atom. The van der Waals surface area contributed by atoms with Gasteiger partial charge in [0.2, 0.25) is 5.91 Å². The number of thiophene rings is 1. The summed E-state index contributed by atoms with van der Waals surface area (Å²) in [7, 11) is 0. The Labute approximate surface area is 111 Å². The zero-order valence-electron chi connectivity index (χ0n) is 10.4. The highest BCUT2D eigenvalue weighted by molar-refractivity contribution is 7.10. The average molecular weight is 257 g/mol. The summed E-state index contributed by atoms with van der Waals surface area (Å²) in [5, 5.41) is 4.88. The van der Waals surface area contributed by atoms with Crippen LogP contribution in [-0.4, -0.2) is 5.91 Å². The van der Waals surface area contributed by atoms with E-state index in [2.05, 4.69) is 5.32 Å². The van der Waals surface area contributed by atoms with Crippen molar-refractivity contribution >= 4 is 29.0 Å². The molecule has 0 bridgehead atoms. The Morgan fingerprint density at radius 3 is 2.78 bits per heavy atom. The molecule has 1 aromatic carbocycles. The molecule has 0 radical (unpaired) electrons. The van der Waals surface area contributed by atoms with Crippen LogP contribution < -0.4 is 5.32 Å². The van der Waals surface area contributed by atoms with Crippen molar-refractivity contribution in [3.63, 3.8) is 0 Å². The monoisotopic (exact) mass is 257 g/mol. The molecule has 92 valence electrons. The SMILES string of the molecule is Cc1cccc(NC(=O)/C=C/c2cccs2)c1C. The van der Waals surface area contributed by atoms with Crippen LogP contribution in [-0.2, 0) is 4.79 Å². The highest BCUT2D eigenvalue weighted by Gasteiger charge is 2.02. The molecule has 2 nitrogen and oxygen atoms in total. The maximum atomic E-state index is 11.8. The molecular formula is C15H15NOS. The standard InChI is InChI=1S/C15H15NOS/c1-11-5-3-7-14(12(11)2)16-15(17)9-8-13-6-4-10-18-13/h3-10H,1-2H3,(H,16,17)/b9-8+. The average Bonchev–Trinajstić information content (AvgIpc) is 2.86. The van der Waals surface area contributed by atoms with Gasteiger partial charge in [-0.2, -0.15) is 0 Å². The van der Waals surface area contributed by atoms with Crippen molar-refractivity contribution in [2.75, 3.05) is 5.32 Å². The molecule has 1 amide bonds. The van der Waals surface area contributed by atoms with E-state index in [1.807, 2.05) is 55.6 Å². The Hall–Kier alpha value is -1.87. The van der Waals surface area contributed by atoms with Gasteiger partial charge in [-0.05, 0) is 48.6 Å². The van der Waals surface area contributed by atoms with Gasteiger partial charge in [0, 0.05) is 16.6 Å². The predicted octanol–water partition coefficient (Wildman–Crippen LogP) is 4.02. The summed E-state index contributed by atoms with van der Waals surface area (Å²) in [6.07, 6.45) is 3.39. The van der Waals surface area contributed by atoms with Crippen LogP contribution in [0.25, 0.3) is 6.08 Å². The number of aryl methyl sites for hydroxylation is 1. The molecule has 2 aromatic rings. The van der Waals surface area contributed by atoms with Gasteiger partial charge in [-0.15, -0.1) is 11.3 Å². The van der Waals surface area contributed by atoms with Crippen LogP contribution in [0.4, 0.5) is 5.69 Å². The minimum absolute atomic E-state index is 0.0999. The molecule has 0 aliphatic rings. The van der Waals surface area contributed by atoms with Gasteiger partial charge in [0.05, 0.1) is 0 Å². The number of nitrogens with one attached hydrogen (secondary N) is 1. The summed E-state index contributed by atoms with van der Waals surface area (Å²) >= 11 is 1.61. The van der Waals surface area contributed by atoms with E-state index in [0.29, 0.717) is 0 Å². The number of anilines is 1. The van der Waals surface area contributed by atoms with Crippen molar-refractivity contribution in [2.24, 2.45) is 0 Å². The zero-order valence-corrected chi connectivity index (χ0v) is 11.3. The normalized spacial score (nSPS) is 10.8. The molecule has 3 heteroatoms. The molecule has 0 saturated carbocycles. The van der Waals surface area contributed by atoms with Crippen molar-refractivity contribution in [3.05, 3.63) is 57.8 Å². The van der Waals surface area contributed by atoms with Crippen molar-refractivity contribution in [2.45, 2.75) is 13.8 Å². The molecule has 0 fully saturated rings. The zero-order chi connectivity index (χ0) is 13.0. The summed E-state index contributed by atoms with van der Waals surface area (Å²) < 4.78 is 0. The van der Waals surface area contributed by atoms with Crippen LogP contribution in [0.2, 0.25) is 0 Å². The third kappa shape index (κ3) is 3.08. The van der Waals surface area contributed by atoms with E-state index >= 15 is 0 Å². The lowest BCUT2D eigenvalue weighted by Gasteiger charge is -2.08. The maximum Gasteiger partial charge on any atom is 0.248 e. The number of carbonyl (C=O) groups is 1. The molecule has 0 atom stereocenters. The van der Waals surface area contributed by atoms with Gasteiger partial charge in [-0.1, -0.05) is 18.2 Å². The predicted molar refractivity (Wildman–Crippen MR) is 77.9 cm³/mol. The summed E-state index contributed by atoms with van der Waals surface area (Å²) in [4.78, 5) is 12.9. The highest BCUT2D eigenvalue weighted by Crippen LogP contribution is 2.18. The summed E-state index contributed by atoms with van der Waals surface area (Å²) in [5.74, 6) is -0.0999. The van der Waals surface area contributed by atoms with E-state index in [4.69, 9.17) is 0 Å². The van der Waals surface area contributed by atoms with Crippen LogP contribution in [0.1, 0.15) is 16.0 Å². The molecule has 18 heavy (non-hydrogen) atoms. The van der Waals surface area contributed by atoms with Crippen molar-refractivity contribution in [1.82, 2.24) is 0 Å². The van der Waals surface area contributed by atoms with Gasteiger partial charge in [0.25, 0.3) is 0 Å². The molecular weight excluding hydrogens is 242 g/mol. The van der Waals surface area contributed by atoms with E-state index in [9.17, 15) is 4.79 Å². The molecule has 0 saturated heterocycles. The third-order valence-electron chi connectivity index (χ3n) is 2.80. The van der Waals surface area contributed by atoms with Crippen LogP contribution in [0.5, 0.6) is 0 Å². The Balaban J connectivity index is 2.05. The molecule has 1 heterocycles. The smallest absolute Gasteiger partial charge is 0.248 e. The van der Waals surface area contributed by atoms with E-state index in [1.165, 1.54) is 5.56 Å². The quantitative estimate of drug-likeness (QED) is 0.827. The lowest BCUT2D eigenvalue weighted by Crippen LogP contribution is -2.09. The van der Waals surface area contributed by atoms with Crippen LogP contribution in [0.15, 0.2) is 41.8 Å².